The van der Waals surface area contributed by atoms with Crippen molar-refractivity contribution >= 4 is 29.9 Å². The van der Waals surface area contributed by atoms with Crippen molar-refractivity contribution in [3.8, 4) is 0 Å². The number of rotatable bonds is 7. The maximum atomic E-state index is 4.41. The van der Waals surface area contributed by atoms with Crippen LogP contribution in [0.25, 0.3) is 0 Å². The van der Waals surface area contributed by atoms with Crippen molar-refractivity contribution < 1.29 is 0 Å². The Bertz CT molecular complexity index is 399. The van der Waals surface area contributed by atoms with Gasteiger partial charge >= 0.3 is 0 Å². The highest BCUT2D eigenvalue weighted by Crippen LogP contribution is 2.20. The molecule has 2 fully saturated rings. The van der Waals surface area contributed by atoms with Crippen LogP contribution in [-0.4, -0.2) is 74.2 Å². The predicted molar refractivity (Wildman–Crippen MR) is 124 cm³/mol. The van der Waals surface area contributed by atoms with E-state index in [-0.39, 0.29) is 29.5 Å². The van der Waals surface area contributed by atoms with E-state index in [0.717, 1.165) is 25.0 Å². The van der Waals surface area contributed by atoms with Gasteiger partial charge in [-0.1, -0.05) is 13.3 Å². The highest BCUT2D eigenvalue weighted by atomic mass is 127. The predicted octanol–water partition coefficient (Wildman–Crippen LogP) is 3.16. The fourth-order valence-electron chi connectivity index (χ4n) is 4.12. The maximum absolute atomic E-state index is 4.41. The minimum Gasteiger partial charge on any atom is -0.356 e. The highest BCUT2D eigenvalue weighted by Gasteiger charge is 2.27. The van der Waals surface area contributed by atoms with Gasteiger partial charge in [-0.15, -0.1) is 24.0 Å². The van der Waals surface area contributed by atoms with Crippen LogP contribution in [-0.2, 0) is 0 Å². The van der Waals surface area contributed by atoms with Crippen LogP contribution in [0.15, 0.2) is 4.99 Å². The van der Waals surface area contributed by atoms with E-state index in [1.54, 1.807) is 0 Å². The zero-order valence-corrected chi connectivity index (χ0v) is 19.8. The molecular formula is C20H42IN5. The Balaban J connectivity index is 0.00000338. The van der Waals surface area contributed by atoms with Crippen molar-refractivity contribution in [1.82, 2.24) is 20.4 Å². The van der Waals surface area contributed by atoms with E-state index in [9.17, 15) is 0 Å². The Kier molecular flexibility index (Phi) is 11.4. The smallest absolute Gasteiger partial charge is 0.191 e. The molecule has 0 aromatic carbocycles. The molecule has 0 radical (unpaired) electrons. The standard InChI is InChI=1S/C20H41N5.HI/c1-5-24-15-10-18(11-16-24)9-12-22-19(21-4)23-17-20(2,3)25-13-7-6-8-14-25;/h18H,5-17H2,1-4H3,(H2,21,22,23);1H. The zero-order chi connectivity index (χ0) is 18.1. The summed E-state index contributed by atoms with van der Waals surface area (Å²) < 4.78 is 0. The van der Waals surface area contributed by atoms with Crippen LogP contribution in [0.3, 0.4) is 0 Å². The molecule has 2 aliphatic rings. The second kappa shape index (κ2) is 12.4. The van der Waals surface area contributed by atoms with E-state index < -0.39 is 0 Å². The van der Waals surface area contributed by atoms with Gasteiger partial charge in [0.25, 0.3) is 0 Å². The summed E-state index contributed by atoms with van der Waals surface area (Å²) in [4.78, 5) is 9.60. The summed E-state index contributed by atoms with van der Waals surface area (Å²) in [5.74, 6) is 1.83. The molecular weight excluding hydrogens is 437 g/mol. The van der Waals surface area contributed by atoms with Gasteiger partial charge in [0.05, 0.1) is 0 Å². The van der Waals surface area contributed by atoms with Crippen molar-refractivity contribution in [3.63, 3.8) is 0 Å². The molecule has 0 saturated carbocycles. The Morgan fingerprint density at radius 1 is 1.04 bits per heavy atom. The molecule has 0 bridgehead atoms. The second-order valence-electron chi connectivity index (χ2n) is 8.38. The van der Waals surface area contributed by atoms with Crippen molar-refractivity contribution in [3.05, 3.63) is 0 Å². The molecule has 0 atom stereocenters. The van der Waals surface area contributed by atoms with Crippen molar-refractivity contribution in [1.29, 1.82) is 0 Å². The first-order valence-electron chi connectivity index (χ1n) is 10.5. The summed E-state index contributed by atoms with van der Waals surface area (Å²) in [5, 5.41) is 7.07. The van der Waals surface area contributed by atoms with Gasteiger partial charge in [-0.05, 0) is 84.6 Å². The van der Waals surface area contributed by atoms with Gasteiger partial charge in [0.2, 0.25) is 0 Å². The number of hydrogen-bond acceptors (Lipinski definition) is 3. The number of halogens is 1. The summed E-state index contributed by atoms with van der Waals surface area (Å²) in [5.41, 5.74) is 0.186. The largest absolute Gasteiger partial charge is 0.356 e. The average Bonchev–Trinajstić information content (AvgIpc) is 2.65. The molecule has 2 rings (SSSR count). The van der Waals surface area contributed by atoms with Crippen LogP contribution in [0.4, 0.5) is 0 Å². The number of nitrogens with zero attached hydrogens (tertiary/aromatic N) is 3. The van der Waals surface area contributed by atoms with Gasteiger partial charge in [0.1, 0.15) is 0 Å². The molecule has 2 saturated heterocycles. The normalized spacial score (nSPS) is 21.3. The minimum atomic E-state index is 0. The summed E-state index contributed by atoms with van der Waals surface area (Å²) >= 11 is 0. The van der Waals surface area contributed by atoms with E-state index in [1.165, 1.54) is 71.2 Å². The summed E-state index contributed by atoms with van der Waals surface area (Å²) in [7, 11) is 1.88. The summed E-state index contributed by atoms with van der Waals surface area (Å²) in [6, 6.07) is 0. The summed E-state index contributed by atoms with van der Waals surface area (Å²) in [6.07, 6.45) is 8.03. The van der Waals surface area contributed by atoms with Crippen molar-refractivity contribution in [2.75, 3.05) is 52.9 Å². The Morgan fingerprint density at radius 3 is 2.27 bits per heavy atom. The third kappa shape index (κ3) is 7.89. The molecule has 5 nitrogen and oxygen atoms in total. The van der Waals surface area contributed by atoms with Gasteiger partial charge in [-0.3, -0.25) is 9.89 Å². The lowest BCUT2D eigenvalue weighted by atomic mass is 9.93. The van der Waals surface area contributed by atoms with Gasteiger partial charge in [-0.2, -0.15) is 0 Å². The molecule has 26 heavy (non-hydrogen) atoms. The first-order chi connectivity index (χ1) is 12.0. The van der Waals surface area contributed by atoms with E-state index in [4.69, 9.17) is 0 Å². The fraction of sp³-hybridized carbons (Fsp3) is 0.950. The quantitative estimate of drug-likeness (QED) is 0.335. The van der Waals surface area contributed by atoms with Gasteiger partial charge < -0.3 is 15.5 Å². The first-order valence-corrected chi connectivity index (χ1v) is 10.5. The number of nitrogens with one attached hydrogen (secondary N) is 2. The Labute approximate surface area is 178 Å². The average molecular weight is 479 g/mol. The van der Waals surface area contributed by atoms with Crippen LogP contribution in [0.1, 0.15) is 59.3 Å². The second-order valence-corrected chi connectivity index (χ2v) is 8.38. The fourth-order valence-corrected chi connectivity index (χ4v) is 4.12. The SMILES string of the molecule is CCN1CCC(CCNC(=NC)NCC(C)(C)N2CCCCC2)CC1.I. The molecule has 0 aliphatic carbocycles. The monoisotopic (exact) mass is 479 g/mol. The van der Waals surface area contributed by atoms with E-state index in [0.29, 0.717) is 0 Å². The zero-order valence-electron chi connectivity index (χ0n) is 17.5. The first kappa shape index (κ1) is 24.0. The van der Waals surface area contributed by atoms with Gasteiger partial charge in [0.15, 0.2) is 5.96 Å². The molecule has 0 unspecified atom stereocenters. The molecule has 154 valence electrons. The van der Waals surface area contributed by atoms with Crippen molar-refractivity contribution in [2.45, 2.75) is 64.8 Å². The molecule has 2 N–H and O–H groups in total. The van der Waals surface area contributed by atoms with E-state index in [1.807, 2.05) is 7.05 Å². The van der Waals surface area contributed by atoms with Crippen LogP contribution in [0.5, 0.6) is 0 Å². The number of piperidine rings is 2. The topological polar surface area (TPSA) is 42.9 Å². The van der Waals surface area contributed by atoms with Gasteiger partial charge in [0, 0.05) is 25.7 Å². The minimum absolute atomic E-state index is 0. The lowest BCUT2D eigenvalue weighted by Gasteiger charge is -2.41. The molecule has 0 aromatic heterocycles. The Morgan fingerprint density at radius 2 is 1.69 bits per heavy atom. The third-order valence-corrected chi connectivity index (χ3v) is 6.12. The number of likely N-dealkylation sites (tertiary alicyclic amines) is 2. The number of hydrogen-bond donors (Lipinski definition) is 2. The molecule has 6 heteroatoms. The van der Waals surface area contributed by atoms with Crippen LogP contribution >= 0.6 is 24.0 Å². The maximum Gasteiger partial charge on any atom is 0.191 e. The molecule has 2 heterocycles. The van der Waals surface area contributed by atoms with Crippen LogP contribution in [0, 0.1) is 5.92 Å². The molecule has 0 aromatic rings. The number of guanidine groups is 1. The van der Waals surface area contributed by atoms with Crippen LogP contribution in [0.2, 0.25) is 0 Å². The van der Waals surface area contributed by atoms with Crippen molar-refractivity contribution in [2.24, 2.45) is 10.9 Å². The molecule has 2 aliphatic heterocycles. The molecule has 0 amide bonds. The lowest BCUT2D eigenvalue weighted by Crippen LogP contribution is -2.55. The molecule has 0 spiro atoms. The van der Waals surface area contributed by atoms with E-state index in [2.05, 4.69) is 46.2 Å². The van der Waals surface area contributed by atoms with Crippen LogP contribution < -0.4 is 10.6 Å². The highest BCUT2D eigenvalue weighted by molar-refractivity contribution is 14.0. The Hall–Kier alpha value is -0.0800. The number of aliphatic imine (C=N–C) groups is 1. The lowest BCUT2D eigenvalue weighted by molar-refractivity contribution is 0.0982. The third-order valence-electron chi connectivity index (χ3n) is 6.12. The van der Waals surface area contributed by atoms with Gasteiger partial charge in [-0.25, -0.2) is 0 Å². The van der Waals surface area contributed by atoms with E-state index >= 15 is 0 Å². The summed E-state index contributed by atoms with van der Waals surface area (Å²) in [6.45, 7) is 15.2.